The number of benzene rings is 2. The van der Waals surface area contributed by atoms with E-state index in [-0.39, 0.29) is 11.3 Å². The van der Waals surface area contributed by atoms with E-state index in [1.807, 2.05) is 36.1 Å². The molecule has 2 aromatic carbocycles. The fourth-order valence-corrected chi connectivity index (χ4v) is 3.32. The van der Waals surface area contributed by atoms with Gasteiger partial charge >= 0.3 is 0 Å². The van der Waals surface area contributed by atoms with Crippen molar-refractivity contribution in [3.63, 3.8) is 0 Å². The van der Waals surface area contributed by atoms with Crippen molar-refractivity contribution in [1.29, 1.82) is 0 Å². The fourth-order valence-electron chi connectivity index (χ4n) is 3.32. The van der Waals surface area contributed by atoms with Gasteiger partial charge in [0.25, 0.3) is 5.91 Å². The van der Waals surface area contributed by atoms with Crippen LogP contribution in [0.2, 0.25) is 0 Å². The number of carbonyl (C=O) groups excluding carboxylic acids is 1. The van der Waals surface area contributed by atoms with Gasteiger partial charge in [-0.05, 0) is 41.7 Å². The van der Waals surface area contributed by atoms with E-state index in [1.54, 1.807) is 0 Å². The summed E-state index contributed by atoms with van der Waals surface area (Å²) in [7, 11) is 0. The van der Waals surface area contributed by atoms with E-state index in [1.165, 1.54) is 11.3 Å². The minimum Gasteiger partial charge on any atom is -0.368 e. The van der Waals surface area contributed by atoms with E-state index in [2.05, 4.69) is 49.9 Å². The predicted octanol–water partition coefficient (Wildman–Crippen LogP) is 4.25. The van der Waals surface area contributed by atoms with Crippen LogP contribution in [-0.2, 0) is 5.41 Å². The fraction of sp³-hybridized carbons (Fsp3) is 0.409. The molecule has 1 aliphatic heterocycles. The van der Waals surface area contributed by atoms with Crippen LogP contribution in [-0.4, -0.2) is 37.0 Å². The van der Waals surface area contributed by atoms with E-state index < -0.39 is 0 Å². The molecule has 3 rings (SSSR count). The van der Waals surface area contributed by atoms with Gasteiger partial charge < -0.3 is 9.80 Å². The quantitative estimate of drug-likeness (QED) is 0.818. The molecule has 132 valence electrons. The number of rotatable bonds is 2. The van der Waals surface area contributed by atoms with Crippen molar-refractivity contribution >= 4 is 11.6 Å². The third-order valence-corrected chi connectivity index (χ3v) is 5.04. The molecule has 0 saturated carbocycles. The van der Waals surface area contributed by atoms with E-state index in [0.29, 0.717) is 0 Å². The highest BCUT2D eigenvalue weighted by Crippen LogP contribution is 2.25. The van der Waals surface area contributed by atoms with Crippen LogP contribution in [0, 0.1) is 6.92 Å². The van der Waals surface area contributed by atoms with Crippen LogP contribution in [0.25, 0.3) is 0 Å². The van der Waals surface area contributed by atoms with E-state index in [4.69, 9.17) is 0 Å². The number of piperazine rings is 1. The molecule has 3 heteroatoms. The highest BCUT2D eigenvalue weighted by Gasteiger charge is 2.23. The summed E-state index contributed by atoms with van der Waals surface area (Å²) in [5.74, 6) is 0.154. The van der Waals surface area contributed by atoms with Crippen molar-refractivity contribution in [3.05, 3.63) is 65.2 Å². The molecule has 1 heterocycles. The SMILES string of the molecule is Cc1ccccc1C(=O)N1CCN(c2ccc(C(C)(C)C)cc2)CC1. The summed E-state index contributed by atoms with van der Waals surface area (Å²) in [6, 6.07) is 16.7. The first-order valence-electron chi connectivity index (χ1n) is 9.06. The smallest absolute Gasteiger partial charge is 0.254 e. The first-order valence-corrected chi connectivity index (χ1v) is 9.06. The molecule has 0 atom stereocenters. The number of hydrogen-bond acceptors (Lipinski definition) is 2. The lowest BCUT2D eigenvalue weighted by Gasteiger charge is -2.36. The second-order valence-electron chi connectivity index (χ2n) is 7.89. The Balaban J connectivity index is 1.64. The first-order chi connectivity index (χ1) is 11.9. The Hall–Kier alpha value is -2.29. The Bertz CT molecular complexity index is 735. The third kappa shape index (κ3) is 3.87. The van der Waals surface area contributed by atoms with Gasteiger partial charge in [-0.15, -0.1) is 0 Å². The molecule has 0 radical (unpaired) electrons. The van der Waals surface area contributed by atoms with Gasteiger partial charge in [0, 0.05) is 37.4 Å². The number of hydrogen-bond donors (Lipinski definition) is 0. The van der Waals surface area contributed by atoms with Crippen LogP contribution >= 0.6 is 0 Å². The normalized spacial score (nSPS) is 15.4. The van der Waals surface area contributed by atoms with Gasteiger partial charge in [0.2, 0.25) is 0 Å². The van der Waals surface area contributed by atoms with Crippen LogP contribution < -0.4 is 4.90 Å². The number of nitrogens with zero attached hydrogens (tertiary/aromatic N) is 2. The van der Waals surface area contributed by atoms with Crippen molar-refractivity contribution in [1.82, 2.24) is 4.90 Å². The molecular formula is C22H28N2O. The zero-order chi connectivity index (χ0) is 18.0. The predicted molar refractivity (Wildman–Crippen MR) is 104 cm³/mol. The zero-order valence-electron chi connectivity index (χ0n) is 15.7. The molecule has 0 bridgehead atoms. The highest BCUT2D eigenvalue weighted by atomic mass is 16.2. The Kier molecular flexibility index (Phi) is 4.85. The number of carbonyl (C=O) groups is 1. The van der Waals surface area contributed by atoms with Gasteiger partial charge in [-0.25, -0.2) is 0 Å². The second kappa shape index (κ2) is 6.91. The average molecular weight is 336 g/mol. The topological polar surface area (TPSA) is 23.6 Å². The van der Waals surface area contributed by atoms with Crippen molar-refractivity contribution in [2.45, 2.75) is 33.1 Å². The molecule has 0 spiro atoms. The summed E-state index contributed by atoms with van der Waals surface area (Å²) < 4.78 is 0. The van der Waals surface area contributed by atoms with Gasteiger partial charge in [-0.2, -0.15) is 0 Å². The van der Waals surface area contributed by atoms with Crippen LogP contribution in [0.5, 0.6) is 0 Å². The summed E-state index contributed by atoms with van der Waals surface area (Å²) in [4.78, 5) is 17.1. The molecule has 1 amide bonds. The lowest BCUT2D eigenvalue weighted by atomic mass is 9.87. The Labute approximate surface area is 151 Å². The largest absolute Gasteiger partial charge is 0.368 e. The Morgan fingerprint density at radius 3 is 2.04 bits per heavy atom. The van der Waals surface area contributed by atoms with Crippen LogP contribution in [0.15, 0.2) is 48.5 Å². The standard InChI is InChI=1S/C22H28N2O/c1-17-7-5-6-8-20(17)21(25)24-15-13-23(14-16-24)19-11-9-18(10-12-19)22(2,3)4/h5-12H,13-16H2,1-4H3. The third-order valence-electron chi connectivity index (χ3n) is 5.04. The molecule has 0 aliphatic carbocycles. The van der Waals surface area contributed by atoms with Crippen molar-refractivity contribution in [3.8, 4) is 0 Å². The highest BCUT2D eigenvalue weighted by molar-refractivity contribution is 5.95. The summed E-state index contributed by atoms with van der Waals surface area (Å²) >= 11 is 0. The van der Waals surface area contributed by atoms with E-state index in [0.717, 1.165) is 37.3 Å². The maximum Gasteiger partial charge on any atom is 0.254 e. The average Bonchev–Trinajstić information content (AvgIpc) is 2.61. The van der Waals surface area contributed by atoms with Gasteiger partial charge in [0.1, 0.15) is 0 Å². The van der Waals surface area contributed by atoms with E-state index in [9.17, 15) is 4.79 Å². The lowest BCUT2D eigenvalue weighted by Crippen LogP contribution is -2.48. The van der Waals surface area contributed by atoms with Crippen LogP contribution in [0.1, 0.15) is 42.3 Å². The zero-order valence-corrected chi connectivity index (χ0v) is 15.7. The number of anilines is 1. The van der Waals surface area contributed by atoms with Crippen LogP contribution in [0.4, 0.5) is 5.69 Å². The lowest BCUT2D eigenvalue weighted by molar-refractivity contribution is 0.0746. The van der Waals surface area contributed by atoms with Crippen LogP contribution in [0.3, 0.4) is 0 Å². The van der Waals surface area contributed by atoms with Crippen molar-refractivity contribution in [2.75, 3.05) is 31.1 Å². The molecular weight excluding hydrogens is 308 g/mol. The molecule has 1 fully saturated rings. The minimum atomic E-state index is 0.154. The minimum absolute atomic E-state index is 0.154. The molecule has 1 saturated heterocycles. The molecule has 0 unspecified atom stereocenters. The molecule has 25 heavy (non-hydrogen) atoms. The van der Waals surface area contributed by atoms with Crippen molar-refractivity contribution in [2.24, 2.45) is 0 Å². The maximum absolute atomic E-state index is 12.7. The van der Waals surface area contributed by atoms with Gasteiger partial charge in [-0.3, -0.25) is 4.79 Å². The summed E-state index contributed by atoms with van der Waals surface area (Å²) in [6.45, 7) is 12.0. The Morgan fingerprint density at radius 2 is 1.48 bits per heavy atom. The molecule has 3 nitrogen and oxygen atoms in total. The summed E-state index contributed by atoms with van der Waals surface area (Å²) in [5, 5.41) is 0. The maximum atomic E-state index is 12.7. The molecule has 1 aliphatic rings. The first kappa shape index (κ1) is 17.5. The molecule has 0 aromatic heterocycles. The van der Waals surface area contributed by atoms with Gasteiger partial charge in [0.05, 0.1) is 0 Å². The summed E-state index contributed by atoms with van der Waals surface area (Å²) in [5.41, 5.74) is 4.65. The van der Waals surface area contributed by atoms with Gasteiger partial charge in [-0.1, -0.05) is 51.1 Å². The molecule has 0 N–H and O–H groups in total. The molecule has 2 aromatic rings. The number of aryl methyl sites for hydroxylation is 1. The van der Waals surface area contributed by atoms with Gasteiger partial charge in [0.15, 0.2) is 0 Å². The second-order valence-corrected chi connectivity index (χ2v) is 7.89. The summed E-state index contributed by atoms with van der Waals surface area (Å²) in [6.07, 6.45) is 0. The van der Waals surface area contributed by atoms with Crippen molar-refractivity contribution < 1.29 is 4.79 Å². The number of amides is 1. The Morgan fingerprint density at radius 1 is 0.880 bits per heavy atom. The monoisotopic (exact) mass is 336 g/mol. The van der Waals surface area contributed by atoms with E-state index >= 15 is 0 Å².